The monoisotopic (exact) mass is 228 g/mol. The molecule has 0 aliphatic rings. The van der Waals surface area contributed by atoms with Crippen LogP contribution in [0, 0.1) is 11.3 Å². The van der Waals surface area contributed by atoms with Gasteiger partial charge >= 0.3 is 0 Å². The molecule has 0 aromatic heterocycles. The lowest BCUT2D eigenvalue weighted by Gasteiger charge is -2.21. The highest BCUT2D eigenvalue weighted by Gasteiger charge is 2.20. The van der Waals surface area contributed by atoms with E-state index in [9.17, 15) is 4.79 Å². The quantitative estimate of drug-likeness (QED) is 0.417. The molecule has 0 saturated heterocycles. The number of hydrogen-bond acceptors (Lipinski definition) is 4. The van der Waals surface area contributed by atoms with Crippen molar-refractivity contribution in [2.75, 3.05) is 28.3 Å². The minimum absolute atomic E-state index is 0.150. The molecule has 1 N–H and O–H groups in total. The molecule has 5 heteroatoms. The first-order valence-corrected chi connectivity index (χ1v) is 4.98. The first-order valence-electron chi connectivity index (χ1n) is 4.98. The number of carbonyl (C=O) groups is 1. The van der Waals surface area contributed by atoms with Crippen molar-refractivity contribution in [1.29, 1.82) is 5.41 Å². The van der Waals surface area contributed by atoms with E-state index in [4.69, 9.17) is 14.9 Å². The Kier molecular flexibility index (Phi) is 6.41. The van der Waals surface area contributed by atoms with E-state index in [1.807, 2.05) is 6.92 Å². The Morgan fingerprint density at radius 1 is 1.38 bits per heavy atom. The topological polar surface area (TPSA) is 62.6 Å². The number of ether oxygens (including phenoxy) is 2. The van der Waals surface area contributed by atoms with Crippen LogP contribution in [0.15, 0.2) is 11.8 Å². The number of likely N-dealkylation sites (N-methyl/N-ethyl adjacent to an activating group) is 1. The minimum Gasteiger partial charge on any atom is -0.500 e. The molecule has 2 atom stereocenters. The van der Waals surface area contributed by atoms with E-state index in [0.29, 0.717) is 5.76 Å². The van der Waals surface area contributed by atoms with Crippen LogP contribution in [-0.2, 0) is 14.3 Å². The molecule has 0 aromatic carbocycles. The highest BCUT2D eigenvalue weighted by molar-refractivity contribution is 5.87. The summed E-state index contributed by atoms with van der Waals surface area (Å²) in [6.45, 7) is 1.84. The van der Waals surface area contributed by atoms with Crippen LogP contribution in [0.1, 0.15) is 6.92 Å². The van der Waals surface area contributed by atoms with Gasteiger partial charge in [0, 0.05) is 39.4 Å². The zero-order valence-corrected chi connectivity index (χ0v) is 10.5. The third kappa shape index (κ3) is 4.02. The smallest absolute Gasteiger partial charge is 0.249 e. The predicted octanol–water partition coefficient (Wildman–Crippen LogP) is 0.906. The third-order valence-electron chi connectivity index (χ3n) is 2.32. The second-order valence-corrected chi connectivity index (χ2v) is 3.64. The van der Waals surface area contributed by atoms with Gasteiger partial charge < -0.3 is 19.8 Å². The van der Waals surface area contributed by atoms with Crippen LogP contribution in [0.2, 0.25) is 0 Å². The van der Waals surface area contributed by atoms with Crippen LogP contribution in [0.5, 0.6) is 0 Å². The lowest BCUT2D eigenvalue weighted by molar-refractivity contribution is -0.123. The Bertz CT molecular complexity index is 274. The lowest BCUT2D eigenvalue weighted by Crippen LogP contribution is -2.26. The van der Waals surface area contributed by atoms with Crippen molar-refractivity contribution in [2.24, 2.45) is 5.92 Å². The van der Waals surface area contributed by atoms with E-state index in [1.54, 1.807) is 14.1 Å². The van der Waals surface area contributed by atoms with Crippen LogP contribution >= 0.6 is 0 Å². The zero-order valence-electron chi connectivity index (χ0n) is 10.5. The largest absolute Gasteiger partial charge is 0.500 e. The molecule has 0 heterocycles. The minimum atomic E-state index is -0.388. The molecule has 0 rings (SSSR count). The average Bonchev–Trinajstić information content (AvgIpc) is 2.26. The molecule has 1 amide bonds. The molecule has 0 aromatic rings. The number of hydrogen-bond donors (Lipinski definition) is 1. The van der Waals surface area contributed by atoms with E-state index in [-0.39, 0.29) is 17.9 Å². The molecule has 92 valence electrons. The van der Waals surface area contributed by atoms with Gasteiger partial charge in [-0.25, -0.2) is 0 Å². The Balaban J connectivity index is 4.84. The first-order chi connectivity index (χ1) is 7.47. The van der Waals surface area contributed by atoms with E-state index in [1.165, 1.54) is 31.4 Å². The van der Waals surface area contributed by atoms with Gasteiger partial charge in [-0.05, 0) is 0 Å². The summed E-state index contributed by atoms with van der Waals surface area (Å²) in [5.74, 6) is 0.189. The summed E-state index contributed by atoms with van der Waals surface area (Å²) in [5.41, 5.74) is 0. The van der Waals surface area contributed by atoms with Crippen molar-refractivity contribution in [3.63, 3.8) is 0 Å². The molecular weight excluding hydrogens is 208 g/mol. The summed E-state index contributed by atoms with van der Waals surface area (Å²) in [4.78, 5) is 12.9. The highest BCUT2D eigenvalue weighted by Crippen LogP contribution is 2.16. The number of rotatable bonds is 6. The van der Waals surface area contributed by atoms with Gasteiger partial charge in [0.05, 0.1) is 7.11 Å². The van der Waals surface area contributed by atoms with Crippen LogP contribution in [-0.4, -0.2) is 51.4 Å². The van der Waals surface area contributed by atoms with Gasteiger partial charge in [-0.15, -0.1) is 0 Å². The summed E-state index contributed by atoms with van der Waals surface area (Å²) in [5, 5.41) is 7.20. The fourth-order valence-corrected chi connectivity index (χ4v) is 1.21. The zero-order chi connectivity index (χ0) is 12.7. The van der Waals surface area contributed by atoms with Gasteiger partial charge in [0.15, 0.2) is 0 Å². The predicted molar refractivity (Wildman–Crippen MR) is 62.5 cm³/mol. The van der Waals surface area contributed by atoms with Crippen molar-refractivity contribution in [2.45, 2.75) is 13.0 Å². The molecule has 0 aliphatic heterocycles. The average molecular weight is 228 g/mol. The number of carbonyl (C=O) groups excluding carboxylic acids is 1. The van der Waals surface area contributed by atoms with Crippen LogP contribution in [0.3, 0.4) is 0 Å². The summed E-state index contributed by atoms with van der Waals surface area (Å²) >= 11 is 0. The van der Waals surface area contributed by atoms with E-state index < -0.39 is 0 Å². The maximum Gasteiger partial charge on any atom is 0.249 e. The van der Waals surface area contributed by atoms with Crippen molar-refractivity contribution in [3.8, 4) is 0 Å². The van der Waals surface area contributed by atoms with Crippen LogP contribution in [0.25, 0.3) is 0 Å². The molecule has 2 unspecified atom stereocenters. The van der Waals surface area contributed by atoms with Gasteiger partial charge in [0.1, 0.15) is 11.9 Å². The maximum absolute atomic E-state index is 11.5. The van der Waals surface area contributed by atoms with Gasteiger partial charge in [-0.3, -0.25) is 4.79 Å². The normalized spacial score (nSPS) is 15.2. The first kappa shape index (κ1) is 14.6. The number of nitrogens with zero attached hydrogens (tertiary/aromatic N) is 1. The van der Waals surface area contributed by atoms with Crippen LogP contribution < -0.4 is 0 Å². The van der Waals surface area contributed by atoms with E-state index >= 15 is 0 Å². The highest BCUT2D eigenvalue weighted by atomic mass is 16.5. The molecular formula is C11H20N2O3. The summed E-state index contributed by atoms with van der Waals surface area (Å²) in [6, 6.07) is 0. The molecule has 0 saturated carbocycles. The molecule has 0 fully saturated rings. The van der Waals surface area contributed by atoms with E-state index in [0.717, 1.165) is 0 Å². The SMILES string of the molecule is CO/C(=C/C(=O)N(C)C)C(C)C(C=N)OC. The summed E-state index contributed by atoms with van der Waals surface area (Å²) < 4.78 is 10.2. The van der Waals surface area contributed by atoms with E-state index in [2.05, 4.69) is 0 Å². The van der Waals surface area contributed by atoms with Gasteiger partial charge in [0.25, 0.3) is 0 Å². The Morgan fingerprint density at radius 2 is 1.94 bits per heavy atom. The van der Waals surface area contributed by atoms with Gasteiger partial charge in [-0.2, -0.15) is 0 Å². The number of nitrogens with one attached hydrogen (secondary N) is 1. The third-order valence-corrected chi connectivity index (χ3v) is 2.32. The Hall–Kier alpha value is -1.36. The van der Waals surface area contributed by atoms with Crippen molar-refractivity contribution in [3.05, 3.63) is 11.8 Å². The molecule has 0 radical (unpaired) electrons. The molecule has 0 spiro atoms. The van der Waals surface area contributed by atoms with Crippen molar-refractivity contribution >= 4 is 12.1 Å². The summed E-state index contributed by atoms with van der Waals surface area (Å²) in [7, 11) is 6.36. The summed E-state index contributed by atoms with van der Waals surface area (Å²) in [6.07, 6.45) is 2.22. The number of methoxy groups -OCH3 is 2. The standard InChI is InChI=1S/C11H20N2O3/c1-8(10(7-12)16-5)9(15-4)6-11(14)13(2)3/h6-8,10,12H,1-5H3/b9-6+,12-7?. The van der Waals surface area contributed by atoms with Crippen molar-refractivity contribution in [1.82, 2.24) is 4.90 Å². The fraction of sp³-hybridized carbons (Fsp3) is 0.636. The van der Waals surface area contributed by atoms with Crippen molar-refractivity contribution < 1.29 is 14.3 Å². The fourth-order valence-electron chi connectivity index (χ4n) is 1.21. The number of amides is 1. The van der Waals surface area contributed by atoms with Crippen LogP contribution in [0.4, 0.5) is 0 Å². The maximum atomic E-state index is 11.5. The lowest BCUT2D eigenvalue weighted by atomic mass is 10.0. The molecule has 16 heavy (non-hydrogen) atoms. The molecule has 5 nitrogen and oxygen atoms in total. The molecule has 0 aliphatic carbocycles. The molecule has 0 bridgehead atoms. The Morgan fingerprint density at radius 3 is 2.25 bits per heavy atom. The van der Waals surface area contributed by atoms with Gasteiger partial charge in [0.2, 0.25) is 5.91 Å². The second kappa shape index (κ2) is 7.00. The second-order valence-electron chi connectivity index (χ2n) is 3.64. The van der Waals surface area contributed by atoms with Gasteiger partial charge in [-0.1, -0.05) is 6.92 Å². The Labute approximate surface area is 96.5 Å².